The molecule has 1 fully saturated rings. The molecule has 1 nitrogen and oxygen atoms in total. The third kappa shape index (κ3) is 2.22. The Morgan fingerprint density at radius 2 is 2.08 bits per heavy atom. The van der Waals surface area contributed by atoms with Gasteiger partial charge in [-0.2, -0.15) is 0 Å². The van der Waals surface area contributed by atoms with Crippen LogP contribution in [0, 0.1) is 17.8 Å². The molecule has 0 unspecified atom stereocenters. The van der Waals surface area contributed by atoms with E-state index in [2.05, 4.69) is 20.8 Å². The zero-order chi connectivity index (χ0) is 9.14. The van der Waals surface area contributed by atoms with E-state index in [1.165, 1.54) is 12.8 Å². The van der Waals surface area contributed by atoms with Gasteiger partial charge in [-0.1, -0.05) is 27.2 Å². The van der Waals surface area contributed by atoms with Crippen LogP contribution in [0.2, 0.25) is 0 Å². The van der Waals surface area contributed by atoms with Gasteiger partial charge in [-0.05, 0) is 37.0 Å². The van der Waals surface area contributed by atoms with Crippen LogP contribution in [0.1, 0.15) is 46.5 Å². The summed E-state index contributed by atoms with van der Waals surface area (Å²) < 4.78 is 0. The van der Waals surface area contributed by atoms with Gasteiger partial charge in [0.1, 0.15) is 0 Å². The molecule has 1 rings (SSSR count). The van der Waals surface area contributed by atoms with Crippen molar-refractivity contribution < 1.29 is 5.11 Å². The van der Waals surface area contributed by atoms with Gasteiger partial charge in [-0.3, -0.25) is 0 Å². The van der Waals surface area contributed by atoms with Crippen molar-refractivity contribution >= 4 is 0 Å². The molecule has 0 spiro atoms. The summed E-state index contributed by atoms with van der Waals surface area (Å²) in [6.07, 6.45) is 4.55. The normalized spacial score (nSPS) is 39.5. The summed E-state index contributed by atoms with van der Waals surface area (Å²) >= 11 is 0. The Labute approximate surface area is 76.2 Å². The minimum atomic E-state index is -0.0136. The van der Waals surface area contributed by atoms with Crippen molar-refractivity contribution in [2.45, 2.75) is 52.6 Å². The fourth-order valence-corrected chi connectivity index (χ4v) is 2.54. The van der Waals surface area contributed by atoms with Crippen LogP contribution in [0.15, 0.2) is 0 Å². The number of aliphatic hydroxyl groups excluding tert-OH is 1. The summed E-state index contributed by atoms with van der Waals surface area (Å²) in [4.78, 5) is 0. The Balaban J connectivity index is 2.44. The summed E-state index contributed by atoms with van der Waals surface area (Å²) in [5.74, 6) is 2.43. The Kier molecular flexibility index (Phi) is 3.57. The zero-order valence-corrected chi connectivity index (χ0v) is 8.59. The molecule has 0 aromatic rings. The van der Waals surface area contributed by atoms with Crippen molar-refractivity contribution in [3.63, 3.8) is 0 Å². The molecule has 0 aliphatic heterocycles. The monoisotopic (exact) mass is 170 g/mol. The van der Waals surface area contributed by atoms with Gasteiger partial charge in [0.2, 0.25) is 0 Å². The summed E-state index contributed by atoms with van der Waals surface area (Å²) in [7, 11) is 0. The molecule has 0 aromatic carbocycles. The zero-order valence-electron chi connectivity index (χ0n) is 8.59. The molecule has 0 heterocycles. The van der Waals surface area contributed by atoms with E-state index < -0.39 is 0 Å². The Morgan fingerprint density at radius 1 is 1.42 bits per heavy atom. The SMILES string of the molecule is CC[C@H](C)[C@@H]1CC[C@H](O)C[C@@H]1C. The molecule has 1 aliphatic carbocycles. The molecule has 0 amide bonds. The maximum Gasteiger partial charge on any atom is 0.0543 e. The third-order valence-electron chi connectivity index (χ3n) is 3.58. The first kappa shape index (κ1) is 10.0. The summed E-state index contributed by atoms with van der Waals surface area (Å²) in [5.41, 5.74) is 0. The highest BCUT2D eigenvalue weighted by Crippen LogP contribution is 2.36. The lowest BCUT2D eigenvalue weighted by Crippen LogP contribution is -2.29. The van der Waals surface area contributed by atoms with Crippen molar-refractivity contribution in [2.75, 3.05) is 0 Å². The Hall–Kier alpha value is -0.0400. The highest BCUT2D eigenvalue weighted by Gasteiger charge is 2.29. The fourth-order valence-electron chi connectivity index (χ4n) is 2.54. The van der Waals surface area contributed by atoms with Gasteiger partial charge in [0.15, 0.2) is 0 Å². The minimum Gasteiger partial charge on any atom is -0.393 e. The second-order valence-corrected chi connectivity index (χ2v) is 4.49. The van der Waals surface area contributed by atoms with E-state index in [4.69, 9.17) is 0 Å². The summed E-state index contributed by atoms with van der Waals surface area (Å²) in [6, 6.07) is 0. The molecular formula is C11H22O. The molecule has 1 heteroatoms. The van der Waals surface area contributed by atoms with Gasteiger partial charge in [0.25, 0.3) is 0 Å². The van der Waals surface area contributed by atoms with Crippen LogP contribution in [0.4, 0.5) is 0 Å². The summed E-state index contributed by atoms with van der Waals surface area (Å²) in [6.45, 7) is 6.90. The van der Waals surface area contributed by atoms with E-state index in [-0.39, 0.29) is 6.10 Å². The maximum atomic E-state index is 9.45. The molecule has 1 aliphatic rings. The quantitative estimate of drug-likeness (QED) is 0.675. The first-order valence-corrected chi connectivity index (χ1v) is 5.33. The van der Waals surface area contributed by atoms with Crippen LogP contribution in [0.3, 0.4) is 0 Å². The Bertz CT molecular complexity index is 133. The number of aliphatic hydroxyl groups is 1. The average Bonchev–Trinajstić information content (AvgIpc) is 2.03. The van der Waals surface area contributed by atoms with E-state index in [0.717, 1.165) is 30.6 Å². The largest absolute Gasteiger partial charge is 0.393 e. The van der Waals surface area contributed by atoms with Crippen molar-refractivity contribution in [2.24, 2.45) is 17.8 Å². The van der Waals surface area contributed by atoms with E-state index in [9.17, 15) is 5.11 Å². The lowest BCUT2D eigenvalue weighted by Gasteiger charge is -2.35. The maximum absolute atomic E-state index is 9.45. The number of rotatable bonds is 2. The smallest absolute Gasteiger partial charge is 0.0543 e. The molecule has 0 saturated heterocycles. The van der Waals surface area contributed by atoms with Crippen molar-refractivity contribution in [3.8, 4) is 0 Å². The van der Waals surface area contributed by atoms with Gasteiger partial charge in [-0.15, -0.1) is 0 Å². The molecule has 72 valence electrons. The second kappa shape index (κ2) is 4.27. The lowest BCUT2D eigenvalue weighted by atomic mass is 9.72. The first-order valence-electron chi connectivity index (χ1n) is 5.33. The van der Waals surface area contributed by atoms with Gasteiger partial charge >= 0.3 is 0 Å². The van der Waals surface area contributed by atoms with Gasteiger partial charge < -0.3 is 5.11 Å². The lowest BCUT2D eigenvalue weighted by molar-refractivity contribution is 0.0555. The summed E-state index contributed by atoms with van der Waals surface area (Å²) in [5, 5.41) is 9.45. The molecule has 0 radical (unpaired) electrons. The molecule has 12 heavy (non-hydrogen) atoms. The molecule has 0 bridgehead atoms. The van der Waals surface area contributed by atoms with Crippen LogP contribution in [0.5, 0.6) is 0 Å². The average molecular weight is 170 g/mol. The van der Waals surface area contributed by atoms with Gasteiger partial charge in [-0.25, -0.2) is 0 Å². The van der Waals surface area contributed by atoms with E-state index in [1.54, 1.807) is 0 Å². The predicted octanol–water partition coefficient (Wildman–Crippen LogP) is 2.83. The van der Waals surface area contributed by atoms with E-state index in [0.29, 0.717) is 0 Å². The van der Waals surface area contributed by atoms with Crippen LogP contribution < -0.4 is 0 Å². The predicted molar refractivity (Wildman–Crippen MR) is 52.0 cm³/mol. The van der Waals surface area contributed by atoms with Crippen LogP contribution in [0.25, 0.3) is 0 Å². The third-order valence-corrected chi connectivity index (χ3v) is 3.58. The Morgan fingerprint density at radius 3 is 2.58 bits per heavy atom. The first-order chi connectivity index (χ1) is 5.65. The van der Waals surface area contributed by atoms with Crippen molar-refractivity contribution in [1.82, 2.24) is 0 Å². The highest BCUT2D eigenvalue weighted by atomic mass is 16.3. The van der Waals surface area contributed by atoms with E-state index in [1.807, 2.05) is 0 Å². The van der Waals surface area contributed by atoms with Gasteiger partial charge in [0.05, 0.1) is 6.10 Å². The minimum absolute atomic E-state index is 0.0136. The van der Waals surface area contributed by atoms with Crippen molar-refractivity contribution in [1.29, 1.82) is 0 Å². The molecular weight excluding hydrogens is 148 g/mol. The van der Waals surface area contributed by atoms with Crippen LogP contribution >= 0.6 is 0 Å². The van der Waals surface area contributed by atoms with Gasteiger partial charge in [0, 0.05) is 0 Å². The fraction of sp³-hybridized carbons (Fsp3) is 1.00. The van der Waals surface area contributed by atoms with E-state index >= 15 is 0 Å². The molecule has 1 N–H and O–H groups in total. The number of hydrogen-bond acceptors (Lipinski definition) is 1. The second-order valence-electron chi connectivity index (χ2n) is 4.49. The van der Waals surface area contributed by atoms with Crippen LogP contribution in [-0.4, -0.2) is 11.2 Å². The van der Waals surface area contributed by atoms with Crippen molar-refractivity contribution in [3.05, 3.63) is 0 Å². The molecule has 0 aromatic heterocycles. The number of hydrogen-bond donors (Lipinski definition) is 1. The highest BCUT2D eigenvalue weighted by molar-refractivity contribution is 4.79. The van der Waals surface area contributed by atoms with Crippen LogP contribution in [-0.2, 0) is 0 Å². The molecule has 4 atom stereocenters. The standard InChI is InChI=1S/C11H22O/c1-4-8(2)11-6-5-10(12)7-9(11)3/h8-12H,4-7H2,1-3H3/t8-,9-,10-,11-/m0/s1. The molecule has 1 saturated carbocycles. The topological polar surface area (TPSA) is 20.2 Å².